The summed E-state index contributed by atoms with van der Waals surface area (Å²) in [6.45, 7) is -3.74. The molecule has 15 rings (SSSR count). The summed E-state index contributed by atoms with van der Waals surface area (Å²) in [4.78, 5) is 99.4. The number of ether oxygens (including phenoxy) is 22. The quantitative estimate of drug-likeness (QED) is 0.0122. The van der Waals surface area contributed by atoms with Crippen molar-refractivity contribution in [3.63, 3.8) is 0 Å². The molecule has 0 aliphatic carbocycles. The predicted octanol–water partition coefficient (Wildman–Crippen LogP) is 13.9. The Morgan fingerprint density at radius 2 is 0.546 bits per heavy atom. The molecule has 141 heavy (non-hydrogen) atoms. The Morgan fingerprint density at radius 1 is 0.284 bits per heavy atom. The summed E-state index contributed by atoms with van der Waals surface area (Å²) in [5.74, 6) is -6.13. The smallest absolute Gasteiger partial charge is 0.338 e. The van der Waals surface area contributed by atoms with E-state index >= 15 is 19.2 Å². The Balaban J connectivity index is 0.837. The van der Waals surface area contributed by atoms with Gasteiger partial charge in [0.05, 0.1) is 82.7 Å². The number of rotatable bonds is 43. The minimum Gasteiger partial charge on any atom is -0.467 e. The molecule has 5 heterocycles. The van der Waals surface area contributed by atoms with E-state index in [9.17, 15) is 31.3 Å². The van der Waals surface area contributed by atoms with E-state index in [4.69, 9.17) is 104 Å². The van der Waals surface area contributed by atoms with Crippen molar-refractivity contribution >= 4 is 35.8 Å². The third-order valence-electron chi connectivity index (χ3n) is 23.8. The van der Waals surface area contributed by atoms with E-state index in [0.717, 1.165) is 14.2 Å². The molecule has 5 aliphatic heterocycles. The van der Waals surface area contributed by atoms with Gasteiger partial charge in [0.1, 0.15) is 117 Å². The van der Waals surface area contributed by atoms with Crippen molar-refractivity contribution in [2.45, 2.75) is 193 Å². The van der Waals surface area contributed by atoms with Crippen molar-refractivity contribution < 1.29 is 138 Å². The number of azide groups is 3. The van der Waals surface area contributed by atoms with Gasteiger partial charge in [-0.15, -0.1) is 0 Å². The second-order valence-electron chi connectivity index (χ2n) is 32.9. The summed E-state index contributed by atoms with van der Waals surface area (Å²) in [6.07, 6.45) is -39.9. The van der Waals surface area contributed by atoms with Crippen LogP contribution in [0.5, 0.6) is 0 Å². The van der Waals surface area contributed by atoms with Crippen LogP contribution in [-0.2, 0) is 153 Å². The highest BCUT2D eigenvalue weighted by atomic mass is 16.8. The molecule has 5 fully saturated rings. The standard InChI is InChI=1S/C103H103N9O29/c1-120-97(118)89-87(138-100-77(108-111-105)82(124-56-64-36-16-5-17-37-64)79(123-55-63-34-14-4-15-35-63)74(133-100)61-129-93(114)69-46-26-10-27-47-69)85(126-58-66-40-20-7-21-41-66)91(128-60-68-44-24-9-25-45-68)102(140-89)136-80-73(54-113)131-101(78(109-112-106)84(80)134-95(116)71-50-30-12-31-51-71)139-88-86(127-59-67-42-22-8-23-43-67)92(135-96(117)72-52-32-13-33-53-72)103(141-90(88)98(119)121-2)137-81-75(62-130-94(115)70-48-28-11-29-49-70)132-99(122-3)76(107-110-104)83(81)125-57-65-38-18-6-19-39-65/h4-53,73-92,99-103,113H,54-62H2,1-3H3/t73?,74?,75?,76?,77?,78?,79-,80-,81-,82-,83-,84-,85+,86-,87+,88-,89?,90?,91?,92?,99+,100-,101+,102-,103-/m1/s1. The van der Waals surface area contributed by atoms with Gasteiger partial charge in [-0.3, -0.25) is 0 Å². The molecule has 0 bridgehead atoms. The highest BCUT2D eigenvalue weighted by Crippen LogP contribution is 2.43. The van der Waals surface area contributed by atoms with Crippen LogP contribution in [0, 0.1) is 0 Å². The number of hydrogen-bond donors (Lipinski definition) is 1. The van der Waals surface area contributed by atoms with Crippen molar-refractivity contribution in [2.75, 3.05) is 41.2 Å². The molecule has 38 heteroatoms. The largest absolute Gasteiger partial charge is 0.467 e. The molecule has 38 nitrogen and oxygen atoms in total. The van der Waals surface area contributed by atoms with Crippen LogP contribution < -0.4 is 0 Å². The lowest BCUT2D eigenvalue weighted by molar-refractivity contribution is -0.381. The molecule has 10 aromatic rings. The highest BCUT2D eigenvalue weighted by Gasteiger charge is 2.62. The number of methoxy groups -OCH3 is 3. The maximum absolute atomic E-state index is 15.4. The van der Waals surface area contributed by atoms with Gasteiger partial charge in [-0.2, -0.15) is 0 Å². The summed E-state index contributed by atoms with van der Waals surface area (Å²) in [5, 5.41) is 25.0. The number of benzene rings is 10. The average molecular weight is 1930 g/mol. The average Bonchev–Trinajstić information content (AvgIpc) is 0.752. The first-order valence-corrected chi connectivity index (χ1v) is 45.3. The van der Waals surface area contributed by atoms with E-state index in [0.29, 0.717) is 33.4 Å². The van der Waals surface area contributed by atoms with Crippen LogP contribution in [0.2, 0.25) is 0 Å². The Kier molecular flexibility index (Phi) is 37.1. The minimum absolute atomic E-state index is 0.0417. The van der Waals surface area contributed by atoms with Gasteiger partial charge in [0.25, 0.3) is 0 Å². The van der Waals surface area contributed by atoms with Crippen LogP contribution >= 0.6 is 0 Å². The summed E-state index contributed by atoms with van der Waals surface area (Å²) in [7, 11) is 3.36. The van der Waals surface area contributed by atoms with E-state index in [1.165, 1.54) is 55.6 Å². The fourth-order valence-corrected chi connectivity index (χ4v) is 16.9. The molecule has 1 N–H and O–H groups in total. The van der Waals surface area contributed by atoms with Gasteiger partial charge in [-0.1, -0.05) is 270 Å². The lowest BCUT2D eigenvalue weighted by Gasteiger charge is -2.51. The fraction of sp³-hybridized carbons (Fsp3) is 0.359. The van der Waals surface area contributed by atoms with Crippen molar-refractivity contribution in [2.24, 2.45) is 15.3 Å². The number of carbonyl (C=O) groups excluding carboxylic acids is 6. The van der Waals surface area contributed by atoms with E-state index in [-0.39, 0.29) is 55.3 Å². The Morgan fingerprint density at radius 3 is 0.894 bits per heavy atom. The molecular formula is C103H103N9O29. The van der Waals surface area contributed by atoms with Crippen LogP contribution in [0.15, 0.2) is 319 Å². The molecule has 10 aromatic carbocycles. The fourth-order valence-electron chi connectivity index (χ4n) is 16.9. The Labute approximate surface area is 809 Å². The van der Waals surface area contributed by atoms with E-state index < -0.39 is 216 Å². The first kappa shape index (κ1) is 102. The number of aliphatic hydroxyl groups excluding tert-OH is 1. The van der Waals surface area contributed by atoms with Crippen molar-refractivity contribution in [1.29, 1.82) is 0 Å². The Hall–Kier alpha value is -13.7. The third kappa shape index (κ3) is 26.5. The first-order chi connectivity index (χ1) is 69.1. The zero-order chi connectivity index (χ0) is 98.2. The number of nitrogens with zero attached hydrogens (tertiary/aromatic N) is 9. The number of aliphatic hydroxyl groups is 1. The van der Waals surface area contributed by atoms with Crippen LogP contribution in [-0.4, -0.2) is 235 Å². The number of hydrogen-bond acceptors (Lipinski definition) is 32. The second kappa shape index (κ2) is 51.4. The maximum Gasteiger partial charge on any atom is 0.338 e. The number of esters is 6. The van der Waals surface area contributed by atoms with Gasteiger partial charge >= 0.3 is 35.8 Å². The van der Waals surface area contributed by atoms with Gasteiger partial charge in [0.15, 0.2) is 49.8 Å². The van der Waals surface area contributed by atoms with Crippen molar-refractivity contribution in [3.8, 4) is 0 Å². The lowest BCUT2D eigenvalue weighted by atomic mass is 9.93. The summed E-state index contributed by atoms with van der Waals surface area (Å²) >= 11 is 0. The summed E-state index contributed by atoms with van der Waals surface area (Å²) in [6, 6.07) is 79.4. The minimum atomic E-state index is -2.21. The molecule has 0 spiro atoms. The second-order valence-corrected chi connectivity index (χ2v) is 32.9. The molecule has 5 saturated heterocycles. The summed E-state index contributed by atoms with van der Waals surface area (Å²) in [5.41, 5.74) is 36.1. The molecule has 0 saturated carbocycles. The van der Waals surface area contributed by atoms with Gasteiger partial charge in [0.2, 0.25) is 0 Å². The zero-order valence-corrected chi connectivity index (χ0v) is 76.6. The SMILES string of the molecule is COC(=O)C1O[C@@H](O[C@@H]2C(CO)O[C@@H](O[C@H]3C(C(=O)OC)O[C@@H](O[C@@H]4C(COC(=O)c5ccccc5)O[C@H](OC)C(N=[N+]=[N-])[C@H]4OCc4ccccc4)C(OC(=O)c4ccccc4)[C@@H]3OCc3ccccc3)C(N=[N+]=[N-])[C@H]2OC(=O)c2ccccc2)C(OCc2ccccc2)[C@@H](OCc2ccccc2)[C@@H]1O[C@H]1OC(COC(=O)c2ccccc2)[C@@H](OCc2ccccc2)[C@H](OCc2ccccc2)C1N=[N+]=[N-]. The molecule has 10 unspecified atom stereocenters. The van der Waals surface area contributed by atoms with Gasteiger partial charge < -0.3 is 109 Å². The van der Waals surface area contributed by atoms with Crippen LogP contribution in [0.4, 0.5) is 0 Å². The molecule has 0 amide bonds. The lowest BCUT2D eigenvalue weighted by Crippen LogP contribution is -2.69. The van der Waals surface area contributed by atoms with E-state index in [2.05, 4.69) is 30.1 Å². The molecular weight excluding hydrogens is 1830 g/mol. The highest BCUT2D eigenvalue weighted by molar-refractivity contribution is 5.91. The molecule has 5 aliphatic rings. The molecule has 0 radical (unpaired) electrons. The monoisotopic (exact) mass is 1930 g/mol. The topological polar surface area (TPSA) is 472 Å². The van der Waals surface area contributed by atoms with E-state index in [1.54, 1.807) is 206 Å². The number of carbonyl (C=O) groups is 6. The van der Waals surface area contributed by atoms with Crippen molar-refractivity contribution in [3.05, 3.63) is 390 Å². The van der Waals surface area contributed by atoms with E-state index in [1.807, 2.05) is 48.5 Å². The van der Waals surface area contributed by atoms with Gasteiger partial charge in [0, 0.05) is 21.8 Å². The third-order valence-corrected chi connectivity index (χ3v) is 23.8. The van der Waals surface area contributed by atoms with Gasteiger partial charge in [-0.25, -0.2) is 28.8 Å². The van der Waals surface area contributed by atoms with Crippen LogP contribution in [0.1, 0.15) is 74.8 Å². The molecule has 25 atom stereocenters. The molecule has 734 valence electrons. The summed E-state index contributed by atoms with van der Waals surface area (Å²) < 4.78 is 147. The molecule has 0 aromatic heterocycles. The first-order valence-electron chi connectivity index (χ1n) is 45.3. The normalized spacial score (nSPS) is 27.4. The zero-order valence-electron chi connectivity index (χ0n) is 76.6. The predicted molar refractivity (Wildman–Crippen MR) is 495 cm³/mol. The Bertz CT molecular complexity index is 5790. The van der Waals surface area contributed by atoms with Crippen LogP contribution in [0.25, 0.3) is 31.3 Å². The van der Waals surface area contributed by atoms with Crippen molar-refractivity contribution in [1.82, 2.24) is 0 Å². The van der Waals surface area contributed by atoms with Crippen LogP contribution in [0.3, 0.4) is 0 Å². The van der Waals surface area contributed by atoms with Gasteiger partial charge in [-0.05, 0) is 98.5 Å². The maximum atomic E-state index is 15.4.